The number of likely N-dealkylation sites (tertiary alicyclic amines) is 1. The molecule has 0 radical (unpaired) electrons. The lowest BCUT2D eigenvalue weighted by Crippen LogP contribution is -2.48. The van der Waals surface area contributed by atoms with E-state index in [1.165, 1.54) is 4.90 Å². The molecule has 3 N–H and O–H groups in total. The fourth-order valence-electron chi connectivity index (χ4n) is 5.26. The maximum absolute atomic E-state index is 13.8. The second-order valence-electron chi connectivity index (χ2n) is 10.7. The van der Waals surface area contributed by atoms with Gasteiger partial charge >= 0.3 is 0 Å². The summed E-state index contributed by atoms with van der Waals surface area (Å²) in [6.45, 7) is 9.63. The summed E-state index contributed by atoms with van der Waals surface area (Å²) in [6, 6.07) is 8.92. The van der Waals surface area contributed by atoms with Crippen molar-refractivity contribution in [3.05, 3.63) is 58.6 Å². The number of carbonyl (C=O) groups excluding carboxylic acids is 2. The van der Waals surface area contributed by atoms with Gasteiger partial charge in [0, 0.05) is 38.0 Å². The molecule has 1 unspecified atom stereocenters. The molecule has 2 aliphatic heterocycles. The number of carbonyl (C=O) groups is 2. The first kappa shape index (κ1) is 26.5. The smallest absolute Gasteiger partial charge is 0.243 e. The van der Waals surface area contributed by atoms with Crippen molar-refractivity contribution >= 4 is 23.2 Å². The Hall–Kier alpha value is -3.08. The number of aromatic nitrogens is 2. The van der Waals surface area contributed by atoms with Gasteiger partial charge in [-0.15, -0.1) is 11.3 Å². The van der Waals surface area contributed by atoms with Crippen molar-refractivity contribution < 1.29 is 19.2 Å². The Bertz CT molecular complexity index is 1280. The summed E-state index contributed by atoms with van der Waals surface area (Å²) < 4.78 is 5.62. The van der Waals surface area contributed by atoms with Crippen LogP contribution >= 0.6 is 11.3 Å². The lowest BCUT2D eigenvalue weighted by Gasteiger charge is -2.29. The van der Waals surface area contributed by atoms with Gasteiger partial charge in [-0.25, -0.2) is 4.98 Å². The standard InChI is InChI=1S/C28H35N5O4S/c1-15(2)25(24-10-22(32-37-24)20-11-29-12-20)28(36)33-13-21(34)9-23(33)27(35)31-16(3)18-5-7-19(8-6-18)26-17(4)30-14-38-26/h5-8,10,14-16,20-21,23,25,29,34H,9,11-13H2,1-4H3,(H,31,35)/t16-,21+,23-,25?/m0/s1. The summed E-state index contributed by atoms with van der Waals surface area (Å²) in [7, 11) is 0. The Morgan fingerprint density at radius 3 is 2.55 bits per heavy atom. The first-order chi connectivity index (χ1) is 18.2. The molecule has 5 rings (SSSR count). The molecule has 202 valence electrons. The molecule has 0 bridgehead atoms. The van der Waals surface area contributed by atoms with Crippen molar-refractivity contribution in [3.63, 3.8) is 0 Å². The molecule has 9 nitrogen and oxygen atoms in total. The van der Waals surface area contributed by atoms with E-state index in [1.807, 2.05) is 63.5 Å². The highest BCUT2D eigenvalue weighted by molar-refractivity contribution is 7.13. The van der Waals surface area contributed by atoms with Gasteiger partial charge in [-0.3, -0.25) is 9.59 Å². The predicted molar refractivity (Wildman–Crippen MR) is 145 cm³/mol. The number of nitrogens with one attached hydrogen (secondary N) is 2. The number of benzene rings is 1. The van der Waals surface area contributed by atoms with Crippen LogP contribution in [0.2, 0.25) is 0 Å². The molecule has 3 aromatic rings. The highest BCUT2D eigenvalue weighted by Crippen LogP contribution is 2.33. The van der Waals surface area contributed by atoms with Crippen LogP contribution in [0, 0.1) is 12.8 Å². The third kappa shape index (κ3) is 5.25. The van der Waals surface area contributed by atoms with E-state index in [2.05, 4.69) is 20.8 Å². The molecule has 2 amide bonds. The van der Waals surface area contributed by atoms with Gasteiger partial charge in [-0.2, -0.15) is 0 Å². The molecule has 2 aromatic heterocycles. The maximum atomic E-state index is 13.8. The molecule has 1 aromatic carbocycles. The number of aliphatic hydroxyl groups is 1. The Morgan fingerprint density at radius 2 is 1.95 bits per heavy atom. The maximum Gasteiger partial charge on any atom is 0.243 e. The van der Waals surface area contributed by atoms with Crippen LogP contribution in [0.3, 0.4) is 0 Å². The van der Waals surface area contributed by atoms with Crippen LogP contribution in [0.4, 0.5) is 0 Å². The topological polar surface area (TPSA) is 121 Å². The van der Waals surface area contributed by atoms with Crippen LogP contribution < -0.4 is 10.6 Å². The molecule has 2 saturated heterocycles. The summed E-state index contributed by atoms with van der Waals surface area (Å²) in [4.78, 5) is 34.1. The zero-order valence-corrected chi connectivity index (χ0v) is 23.0. The zero-order chi connectivity index (χ0) is 27.0. The number of amides is 2. The van der Waals surface area contributed by atoms with E-state index in [9.17, 15) is 14.7 Å². The minimum absolute atomic E-state index is 0.0658. The highest BCUT2D eigenvalue weighted by Gasteiger charge is 2.43. The quantitative estimate of drug-likeness (QED) is 0.403. The van der Waals surface area contributed by atoms with Crippen molar-refractivity contribution in [2.75, 3.05) is 19.6 Å². The van der Waals surface area contributed by atoms with E-state index >= 15 is 0 Å². The number of aryl methyl sites for hydroxylation is 1. The average Bonchev–Trinajstić information content (AvgIpc) is 3.58. The van der Waals surface area contributed by atoms with Crippen molar-refractivity contribution in [3.8, 4) is 10.4 Å². The molecular weight excluding hydrogens is 502 g/mol. The third-order valence-corrected chi connectivity index (χ3v) is 8.61. The Labute approximate surface area is 226 Å². The molecule has 2 aliphatic rings. The number of rotatable bonds is 8. The first-order valence-corrected chi connectivity index (χ1v) is 14.1. The predicted octanol–water partition coefficient (Wildman–Crippen LogP) is 3.37. The summed E-state index contributed by atoms with van der Waals surface area (Å²) in [6.07, 6.45) is -0.556. The van der Waals surface area contributed by atoms with Crippen LogP contribution in [0.1, 0.15) is 67.8 Å². The lowest BCUT2D eigenvalue weighted by molar-refractivity contribution is -0.141. The Kier molecular flexibility index (Phi) is 7.65. The molecule has 0 saturated carbocycles. The summed E-state index contributed by atoms with van der Waals surface area (Å²) in [5.41, 5.74) is 5.72. The molecule has 4 heterocycles. The largest absolute Gasteiger partial charge is 0.391 e. The van der Waals surface area contributed by atoms with E-state index in [0.29, 0.717) is 11.7 Å². The lowest BCUT2D eigenvalue weighted by atomic mass is 9.90. The fraction of sp³-hybridized carbons (Fsp3) is 0.500. The second-order valence-corrected chi connectivity index (χ2v) is 11.6. The molecular formula is C28H35N5O4S. The number of thiazole rings is 1. The minimum Gasteiger partial charge on any atom is -0.391 e. The molecule has 0 spiro atoms. The summed E-state index contributed by atoms with van der Waals surface area (Å²) >= 11 is 1.60. The van der Waals surface area contributed by atoms with Gasteiger partial charge in [0.25, 0.3) is 0 Å². The minimum atomic E-state index is -0.758. The van der Waals surface area contributed by atoms with Crippen LogP contribution in [-0.4, -0.2) is 63.7 Å². The van der Waals surface area contributed by atoms with E-state index in [0.717, 1.165) is 40.5 Å². The van der Waals surface area contributed by atoms with E-state index in [1.54, 1.807) is 11.3 Å². The van der Waals surface area contributed by atoms with E-state index in [-0.39, 0.29) is 36.7 Å². The highest BCUT2D eigenvalue weighted by atomic mass is 32.1. The molecule has 38 heavy (non-hydrogen) atoms. The van der Waals surface area contributed by atoms with Gasteiger partial charge in [0.2, 0.25) is 11.8 Å². The summed E-state index contributed by atoms with van der Waals surface area (Å²) in [5, 5.41) is 20.9. The van der Waals surface area contributed by atoms with Crippen LogP contribution in [0.15, 0.2) is 40.4 Å². The first-order valence-electron chi connectivity index (χ1n) is 13.2. The third-order valence-electron chi connectivity index (χ3n) is 7.63. The van der Waals surface area contributed by atoms with Crippen molar-refractivity contribution in [2.24, 2.45) is 5.92 Å². The van der Waals surface area contributed by atoms with Crippen LogP contribution in [0.25, 0.3) is 10.4 Å². The fourth-order valence-corrected chi connectivity index (χ4v) is 6.07. The SMILES string of the molecule is Cc1ncsc1-c1ccc([C@H](C)NC(=O)[C@@H]2C[C@@H](O)CN2C(=O)C(c2cc(C3CNC3)no2)C(C)C)cc1. The number of nitrogens with zero attached hydrogens (tertiary/aromatic N) is 3. The van der Waals surface area contributed by atoms with Crippen molar-refractivity contribution in [1.29, 1.82) is 0 Å². The van der Waals surface area contributed by atoms with Gasteiger partial charge in [0.05, 0.1) is 33.9 Å². The molecule has 0 aliphatic carbocycles. The van der Waals surface area contributed by atoms with Crippen molar-refractivity contribution in [1.82, 2.24) is 25.7 Å². The number of β-amino-alcohol motifs (C(OH)–C–C–N with tert-alkyl or cyclic N) is 1. The molecule has 2 fully saturated rings. The van der Waals surface area contributed by atoms with Gasteiger partial charge < -0.3 is 25.2 Å². The Morgan fingerprint density at radius 1 is 1.21 bits per heavy atom. The monoisotopic (exact) mass is 537 g/mol. The average molecular weight is 538 g/mol. The summed E-state index contributed by atoms with van der Waals surface area (Å²) in [5.74, 6) is -0.329. The molecule has 10 heteroatoms. The van der Waals surface area contributed by atoms with Gasteiger partial charge in [0.15, 0.2) is 0 Å². The normalized spacial score (nSPS) is 21.4. The zero-order valence-electron chi connectivity index (χ0n) is 22.2. The molecule has 4 atom stereocenters. The number of aliphatic hydroxyl groups excluding tert-OH is 1. The van der Waals surface area contributed by atoms with Crippen LogP contribution in [0.5, 0.6) is 0 Å². The Balaban J connectivity index is 1.28. The van der Waals surface area contributed by atoms with Gasteiger partial charge in [-0.1, -0.05) is 43.3 Å². The van der Waals surface area contributed by atoms with Gasteiger partial charge in [-0.05, 0) is 30.9 Å². The van der Waals surface area contributed by atoms with Crippen LogP contribution in [-0.2, 0) is 9.59 Å². The number of hydrogen-bond acceptors (Lipinski definition) is 8. The number of hydrogen-bond donors (Lipinski definition) is 3. The van der Waals surface area contributed by atoms with Crippen molar-refractivity contribution in [2.45, 2.75) is 64.1 Å². The van der Waals surface area contributed by atoms with Gasteiger partial charge in [0.1, 0.15) is 17.7 Å². The second kappa shape index (κ2) is 11.0. The van der Waals surface area contributed by atoms with E-state index in [4.69, 9.17) is 4.52 Å². The van der Waals surface area contributed by atoms with E-state index < -0.39 is 18.1 Å².